The lowest BCUT2D eigenvalue weighted by molar-refractivity contribution is -0.140. The van der Waals surface area contributed by atoms with Crippen LogP contribution in [0, 0.1) is 11.3 Å². The van der Waals surface area contributed by atoms with Gasteiger partial charge >= 0.3 is 5.97 Å². The molecule has 1 aromatic heterocycles. The van der Waals surface area contributed by atoms with Crippen LogP contribution in [0.4, 0.5) is 11.4 Å². The van der Waals surface area contributed by atoms with Crippen molar-refractivity contribution in [1.82, 2.24) is 4.98 Å². The predicted octanol–water partition coefficient (Wildman–Crippen LogP) is 1.89. The number of carbonyl (C=O) groups is 1. The first-order chi connectivity index (χ1) is 10.6. The van der Waals surface area contributed by atoms with Crippen LogP contribution in [0.2, 0.25) is 0 Å². The molecule has 110 valence electrons. The summed E-state index contributed by atoms with van der Waals surface area (Å²) in [5.41, 5.74) is 0.780. The summed E-state index contributed by atoms with van der Waals surface area (Å²) in [4.78, 5) is 29.4. The van der Waals surface area contributed by atoms with Crippen LogP contribution in [-0.4, -0.2) is 17.2 Å². The maximum Gasteiger partial charge on any atom is 0.331 e. The highest BCUT2D eigenvalue weighted by atomic mass is 16.7. The normalized spacial score (nSPS) is 10.2. The first-order valence-electron chi connectivity index (χ1n) is 6.30. The Bertz CT molecular complexity index is 804. The van der Waals surface area contributed by atoms with E-state index in [4.69, 9.17) is 0 Å². The van der Waals surface area contributed by atoms with Crippen LogP contribution in [0.1, 0.15) is 18.1 Å². The molecule has 0 bridgehead atoms. The third-order valence-electron chi connectivity index (χ3n) is 2.65. The molecule has 0 aliphatic heterocycles. The maximum atomic E-state index is 11.7. The smallest absolute Gasteiger partial charge is 0.331 e. The van der Waals surface area contributed by atoms with Crippen LogP contribution in [0.3, 0.4) is 0 Å². The van der Waals surface area contributed by atoms with Gasteiger partial charge in [0.15, 0.2) is 0 Å². The molecule has 0 unspecified atom stereocenters. The molecule has 22 heavy (non-hydrogen) atoms. The number of hydrogen-bond donors (Lipinski definition) is 2. The van der Waals surface area contributed by atoms with Gasteiger partial charge in [0.05, 0.1) is 11.9 Å². The van der Waals surface area contributed by atoms with E-state index >= 15 is 0 Å². The first kappa shape index (κ1) is 15.0. The molecule has 0 amide bonds. The van der Waals surface area contributed by atoms with Crippen molar-refractivity contribution in [2.45, 2.75) is 6.92 Å². The van der Waals surface area contributed by atoms with E-state index in [2.05, 4.69) is 20.3 Å². The Labute approximate surface area is 125 Å². The lowest BCUT2D eigenvalue weighted by atomic mass is 10.1. The minimum absolute atomic E-state index is 0.0874. The fraction of sp³-hybridized carbons (Fsp3) is 0.0667. The zero-order valence-electron chi connectivity index (χ0n) is 11.7. The lowest BCUT2D eigenvalue weighted by Crippen LogP contribution is -2.14. The van der Waals surface area contributed by atoms with Crippen molar-refractivity contribution in [3.05, 3.63) is 58.0 Å². The number of para-hydroxylation sites is 1. The van der Waals surface area contributed by atoms with Gasteiger partial charge in [-0.1, -0.05) is 23.4 Å². The van der Waals surface area contributed by atoms with Gasteiger partial charge < -0.3 is 15.1 Å². The van der Waals surface area contributed by atoms with Crippen LogP contribution in [0.25, 0.3) is 0 Å². The number of aromatic amines is 1. The Balaban J connectivity index is 2.46. The highest BCUT2D eigenvalue weighted by Crippen LogP contribution is 2.21. The Morgan fingerprint density at radius 2 is 2.14 bits per heavy atom. The number of rotatable bonds is 4. The summed E-state index contributed by atoms with van der Waals surface area (Å²) in [6, 6.07) is 10.9. The number of anilines is 2. The van der Waals surface area contributed by atoms with E-state index in [1.807, 2.05) is 24.3 Å². The van der Waals surface area contributed by atoms with Gasteiger partial charge in [-0.2, -0.15) is 5.26 Å². The van der Waals surface area contributed by atoms with E-state index in [9.17, 15) is 14.9 Å². The summed E-state index contributed by atoms with van der Waals surface area (Å²) >= 11 is 0. The van der Waals surface area contributed by atoms with E-state index in [-0.39, 0.29) is 11.3 Å². The zero-order valence-corrected chi connectivity index (χ0v) is 11.7. The number of carbonyl (C=O) groups excluding carboxylic acids is 1. The largest absolute Gasteiger partial charge is 0.354 e. The molecule has 1 aromatic carbocycles. The number of hydrogen-bond acceptors (Lipinski definition) is 6. The minimum atomic E-state index is -0.571. The monoisotopic (exact) mass is 296 g/mol. The number of nitriles is 1. The maximum absolute atomic E-state index is 11.7. The standard InChI is InChI=1S/C15H12N4O3/c1-10(20)22-18-9-11-8-17-15(21)13(7-16)14(11)19-12-5-3-2-4-6-12/h2-6,8-9H,1H3,(H2,17,19,21)/b18-9+. The van der Waals surface area contributed by atoms with Crippen LogP contribution in [-0.2, 0) is 9.63 Å². The highest BCUT2D eigenvalue weighted by molar-refractivity contribution is 5.90. The highest BCUT2D eigenvalue weighted by Gasteiger charge is 2.12. The van der Waals surface area contributed by atoms with Gasteiger partial charge in [-0.15, -0.1) is 0 Å². The molecular formula is C15H12N4O3. The summed E-state index contributed by atoms with van der Waals surface area (Å²) in [7, 11) is 0. The third kappa shape index (κ3) is 3.58. The second-order valence-electron chi connectivity index (χ2n) is 4.24. The van der Waals surface area contributed by atoms with Crippen molar-refractivity contribution < 1.29 is 9.63 Å². The van der Waals surface area contributed by atoms with Gasteiger partial charge in [-0.3, -0.25) is 4.79 Å². The van der Waals surface area contributed by atoms with Crippen LogP contribution in [0.5, 0.6) is 0 Å². The van der Waals surface area contributed by atoms with Crippen LogP contribution < -0.4 is 10.9 Å². The second-order valence-corrected chi connectivity index (χ2v) is 4.24. The molecule has 2 aromatic rings. The molecule has 0 aliphatic carbocycles. The number of aromatic nitrogens is 1. The fourth-order valence-corrected chi connectivity index (χ4v) is 1.71. The number of oxime groups is 1. The first-order valence-corrected chi connectivity index (χ1v) is 6.30. The summed E-state index contributed by atoms with van der Waals surface area (Å²) in [5.74, 6) is -0.571. The van der Waals surface area contributed by atoms with E-state index in [0.717, 1.165) is 0 Å². The quantitative estimate of drug-likeness (QED) is 0.509. The predicted molar refractivity (Wildman–Crippen MR) is 80.9 cm³/mol. The van der Waals surface area contributed by atoms with Crippen molar-refractivity contribution in [2.75, 3.05) is 5.32 Å². The molecule has 0 atom stereocenters. The average molecular weight is 296 g/mol. The van der Waals surface area contributed by atoms with Crippen LogP contribution >= 0.6 is 0 Å². The Hall–Kier alpha value is -3.40. The number of nitrogens with zero attached hydrogens (tertiary/aromatic N) is 2. The molecule has 7 heteroatoms. The molecule has 0 spiro atoms. The Morgan fingerprint density at radius 3 is 2.77 bits per heavy atom. The summed E-state index contributed by atoms with van der Waals surface area (Å²) in [6.07, 6.45) is 2.62. The van der Waals surface area contributed by atoms with Gasteiger partial charge in [0.25, 0.3) is 5.56 Å². The topological polar surface area (TPSA) is 107 Å². The van der Waals surface area contributed by atoms with E-state index < -0.39 is 11.5 Å². The molecule has 0 saturated carbocycles. The van der Waals surface area contributed by atoms with Gasteiger partial charge in [0.1, 0.15) is 11.6 Å². The molecule has 1 heterocycles. The third-order valence-corrected chi connectivity index (χ3v) is 2.65. The van der Waals surface area contributed by atoms with Crippen molar-refractivity contribution in [2.24, 2.45) is 5.16 Å². The van der Waals surface area contributed by atoms with E-state index in [1.165, 1.54) is 19.3 Å². The number of benzene rings is 1. The lowest BCUT2D eigenvalue weighted by Gasteiger charge is -2.10. The van der Waals surface area contributed by atoms with Crippen molar-refractivity contribution in [1.29, 1.82) is 5.26 Å². The molecule has 7 nitrogen and oxygen atoms in total. The summed E-state index contributed by atoms with van der Waals surface area (Å²) < 4.78 is 0. The van der Waals surface area contributed by atoms with E-state index in [0.29, 0.717) is 11.3 Å². The molecule has 0 aliphatic rings. The van der Waals surface area contributed by atoms with Gasteiger partial charge in [0.2, 0.25) is 0 Å². The number of pyridine rings is 1. The van der Waals surface area contributed by atoms with Gasteiger partial charge in [0, 0.05) is 24.4 Å². The molecule has 0 saturated heterocycles. The SMILES string of the molecule is CC(=O)O/N=C/c1c[nH]c(=O)c(C#N)c1Nc1ccccc1. The average Bonchev–Trinajstić information content (AvgIpc) is 2.50. The minimum Gasteiger partial charge on any atom is -0.354 e. The van der Waals surface area contributed by atoms with Gasteiger partial charge in [-0.25, -0.2) is 4.79 Å². The molecular weight excluding hydrogens is 284 g/mol. The zero-order chi connectivity index (χ0) is 15.9. The Kier molecular flexibility index (Phi) is 4.67. The Morgan fingerprint density at radius 1 is 1.41 bits per heavy atom. The number of H-pyrrole nitrogens is 1. The second kappa shape index (κ2) is 6.85. The van der Waals surface area contributed by atoms with Crippen molar-refractivity contribution in [3.8, 4) is 6.07 Å². The summed E-state index contributed by atoms with van der Waals surface area (Å²) in [6.45, 7) is 1.22. The fourth-order valence-electron chi connectivity index (χ4n) is 1.71. The molecule has 2 N–H and O–H groups in total. The van der Waals surface area contributed by atoms with Crippen molar-refractivity contribution >= 4 is 23.6 Å². The van der Waals surface area contributed by atoms with Crippen LogP contribution in [0.15, 0.2) is 46.5 Å². The molecule has 2 rings (SSSR count). The van der Waals surface area contributed by atoms with E-state index in [1.54, 1.807) is 12.1 Å². The molecule has 0 radical (unpaired) electrons. The van der Waals surface area contributed by atoms with Crippen molar-refractivity contribution in [3.63, 3.8) is 0 Å². The van der Waals surface area contributed by atoms with Gasteiger partial charge in [-0.05, 0) is 12.1 Å². The molecule has 0 fully saturated rings. The summed E-state index contributed by atoms with van der Waals surface area (Å²) in [5, 5.41) is 15.7. The number of nitrogens with one attached hydrogen (secondary N) is 2.